The van der Waals surface area contributed by atoms with Crippen LogP contribution in [-0.4, -0.2) is 23.9 Å². The lowest BCUT2D eigenvalue weighted by Crippen LogP contribution is -2.38. The summed E-state index contributed by atoms with van der Waals surface area (Å²) in [6.45, 7) is 4.36. The van der Waals surface area contributed by atoms with E-state index >= 15 is 0 Å². The van der Waals surface area contributed by atoms with E-state index in [0.717, 1.165) is 25.7 Å². The van der Waals surface area contributed by atoms with Gasteiger partial charge in [0.2, 0.25) is 11.8 Å². The van der Waals surface area contributed by atoms with Crippen LogP contribution in [0.15, 0.2) is 0 Å². The van der Waals surface area contributed by atoms with E-state index in [1.165, 1.54) is 77.0 Å². The predicted octanol–water partition coefficient (Wildman–Crippen LogP) is 6.28. The van der Waals surface area contributed by atoms with Crippen LogP contribution in [0.25, 0.3) is 0 Å². The summed E-state index contributed by atoms with van der Waals surface area (Å²) in [4.78, 5) is 24.3. The van der Waals surface area contributed by atoms with Gasteiger partial charge < -0.3 is 10.6 Å². The summed E-state index contributed by atoms with van der Waals surface area (Å²) in [5.74, 6) is 1.84. The van der Waals surface area contributed by atoms with E-state index in [4.69, 9.17) is 0 Å². The normalized spacial score (nSPS) is 20.5. The second-order valence-corrected chi connectivity index (χ2v) is 10.1. The molecule has 2 saturated carbocycles. The SMILES string of the molecule is C[C@H](NC(=O)CCCCCCCCC(=O)N[C@@H](C)C1CCCCC1)C1CCCCC1. The topological polar surface area (TPSA) is 58.2 Å². The molecular formula is C26H48N2O2. The van der Waals surface area contributed by atoms with Crippen molar-refractivity contribution in [2.24, 2.45) is 11.8 Å². The van der Waals surface area contributed by atoms with E-state index in [2.05, 4.69) is 24.5 Å². The molecule has 2 aliphatic rings. The number of amides is 2. The Balaban J connectivity index is 1.40. The van der Waals surface area contributed by atoms with Gasteiger partial charge in [0.05, 0.1) is 0 Å². The van der Waals surface area contributed by atoms with Crippen LogP contribution >= 0.6 is 0 Å². The molecule has 0 saturated heterocycles. The molecule has 2 aliphatic carbocycles. The van der Waals surface area contributed by atoms with E-state index in [1.807, 2.05) is 0 Å². The molecule has 0 radical (unpaired) electrons. The molecule has 2 N–H and O–H groups in total. The lowest BCUT2D eigenvalue weighted by Gasteiger charge is -2.28. The maximum Gasteiger partial charge on any atom is 0.220 e. The third-order valence-electron chi connectivity index (χ3n) is 7.55. The van der Waals surface area contributed by atoms with Gasteiger partial charge in [-0.25, -0.2) is 0 Å². The zero-order chi connectivity index (χ0) is 21.6. The zero-order valence-electron chi connectivity index (χ0n) is 19.9. The van der Waals surface area contributed by atoms with Gasteiger partial charge in [0.15, 0.2) is 0 Å². The van der Waals surface area contributed by atoms with Crippen molar-refractivity contribution < 1.29 is 9.59 Å². The molecule has 0 aromatic rings. The molecule has 0 unspecified atom stereocenters. The van der Waals surface area contributed by atoms with Gasteiger partial charge in [0.1, 0.15) is 0 Å². The van der Waals surface area contributed by atoms with Crippen LogP contribution in [0.4, 0.5) is 0 Å². The molecule has 2 rings (SSSR count). The minimum absolute atomic E-state index is 0.233. The zero-order valence-corrected chi connectivity index (χ0v) is 19.9. The number of carbonyl (C=O) groups excluding carboxylic acids is 2. The van der Waals surface area contributed by atoms with Crippen molar-refractivity contribution in [1.82, 2.24) is 10.6 Å². The Morgan fingerprint density at radius 2 is 0.933 bits per heavy atom. The number of rotatable bonds is 13. The van der Waals surface area contributed by atoms with E-state index in [0.29, 0.717) is 36.8 Å². The molecule has 0 aliphatic heterocycles. The molecule has 0 bridgehead atoms. The van der Waals surface area contributed by atoms with Gasteiger partial charge in [-0.15, -0.1) is 0 Å². The highest BCUT2D eigenvalue weighted by molar-refractivity contribution is 5.76. The molecule has 30 heavy (non-hydrogen) atoms. The second kappa shape index (κ2) is 14.9. The van der Waals surface area contributed by atoms with Crippen LogP contribution in [0.2, 0.25) is 0 Å². The fraction of sp³-hybridized carbons (Fsp3) is 0.923. The van der Waals surface area contributed by atoms with Crippen molar-refractivity contribution in [3.63, 3.8) is 0 Å². The van der Waals surface area contributed by atoms with Gasteiger partial charge in [-0.05, 0) is 64.2 Å². The highest BCUT2D eigenvalue weighted by atomic mass is 16.2. The van der Waals surface area contributed by atoms with Gasteiger partial charge in [-0.3, -0.25) is 9.59 Å². The van der Waals surface area contributed by atoms with Crippen molar-refractivity contribution >= 4 is 11.8 Å². The average Bonchev–Trinajstić information content (AvgIpc) is 2.76. The predicted molar refractivity (Wildman–Crippen MR) is 125 cm³/mol. The summed E-state index contributed by atoms with van der Waals surface area (Å²) in [5.41, 5.74) is 0. The van der Waals surface area contributed by atoms with Crippen LogP contribution in [0, 0.1) is 11.8 Å². The molecular weight excluding hydrogens is 372 g/mol. The number of nitrogens with one attached hydrogen (secondary N) is 2. The van der Waals surface area contributed by atoms with Crippen LogP contribution in [0.1, 0.15) is 129 Å². The summed E-state index contributed by atoms with van der Waals surface area (Å²) in [5, 5.41) is 6.46. The first-order valence-corrected chi connectivity index (χ1v) is 13.1. The van der Waals surface area contributed by atoms with Crippen molar-refractivity contribution in [1.29, 1.82) is 0 Å². The minimum atomic E-state index is 0.233. The molecule has 0 heterocycles. The monoisotopic (exact) mass is 420 g/mol. The molecule has 2 amide bonds. The first kappa shape index (κ1) is 25.2. The standard InChI is InChI=1S/C26H48N2O2/c1-21(23-15-9-7-10-16-23)27-25(29)19-13-5-3-4-6-14-20-26(30)28-22(2)24-17-11-8-12-18-24/h21-24H,3-20H2,1-2H3,(H,27,29)(H,28,30)/t21-,22-/m0/s1. The first-order chi connectivity index (χ1) is 14.6. The Bertz CT molecular complexity index is 437. The van der Waals surface area contributed by atoms with Gasteiger partial charge in [0.25, 0.3) is 0 Å². The molecule has 2 fully saturated rings. The highest BCUT2D eigenvalue weighted by Gasteiger charge is 2.22. The third kappa shape index (κ3) is 10.3. The van der Waals surface area contributed by atoms with Gasteiger partial charge in [-0.1, -0.05) is 64.2 Å². The minimum Gasteiger partial charge on any atom is -0.353 e. The summed E-state index contributed by atoms with van der Waals surface area (Å²) in [6, 6.07) is 0.676. The van der Waals surface area contributed by atoms with Crippen LogP contribution in [-0.2, 0) is 9.59 Å². The Morgan fingerprint density at radius 3 is 1.30 bits per heavy atom. The van der Waals surface area contributed by atoms with Crippen molar-refractivity contribution in [2.75, 3.05) is 0 Å². The van der Waals surface area contributed by atoms with E-state index < -0.39 is 0 Å². The van der Waals surface area contributed by atoms with E-state index in [9.17, 15) is 9.59 Å². The number of hydrogen-bond acceptors (Lipinski definition) is 2. The molecule has 4 nitrogen and oxygen atoms in total. The van der Waals surface area contributed by atoms with Crippen LogP contribution in [0.3, 0.4) is 0 Å². The third-order valence-corrected chi connectivity index (χ3v) is 7.55. The van der Waals surface area contributed by atoms with Gasteiger partial charge in [-0.2, -0.15) is 0 Å². The lowest BCUT2D eigenvalue weighted by atomic mass is 9.84. The Kier molecular flexibility index (Phi) is 12.5. The maximum absolute atomic E-state index is 12.2. The summed E-state index contributed by atoms with van der Waals surface area (Å²) < 4.78 is 0. The fourth-order valence-corrected chi connectivity index (χ4v) is 5.43. The van der Waals surface area contributed by atoms with Gasteiger partial charge in [0, 0.05) is 24.9 Å². The molecule has 0 aromatic heterocycles. The first-order valence-electron chi connectivity index (χ1n) is 13.1. The molecule has 0 spiro atoms. The number of carbonyl (C=O) groups is 2. The van der Waals surface area contributed by atoms with Crippen LogP contribution in [0.5, 0.6) is 0 Å². The van der Waals surface area contributed by atoms with Crippen molar-refractivity contribution in [3.05, 3.63) is 0 Å². The van der Waals surface area contributed by atoms with E-state index in [-0.39, 0.29) is 11.8 Å². The lowest BCUT2D eigenvalue weighted by molar-refractivity contribution is -0.123. The Morgan fingerprint density at radius 1 is 0.600 bits per heavy atom. The van der Waals surface area contributed by atoms with Gasteiger partial charge >= 0.3 is 0 Å². The quantitative estimate of drug-likeness (QED) is 0.345. The number of hydrogen-bond donors (Lipinski definition) is 2. The maximum atomic E-state index is 12.2. The Labute approximate surface area is 185 Å². The molecule has 174 valence electrons. The summed E-state index contributed by atoms with van der Waals surface area (Å²) >= 11 is 0. The summed E-state index contributed by atoms with van der Waals surface area (Å²) in [6.07, 6.45) is 21.0. The van der Waals surface area contributed by atoms with Crippen molar-refractivity contribution in [2.45, 2.75) is 142 Å². The molecule has 0 aromatic carbocycles. The fourth-order valence-electron chi connectivity index (χ4n) is 5.43. The smallest absolute Gasteiger partial charge is 0.220 e. The molecule has 4 heteroatoms. The highest BCUT2D eigenvalue weighted by Crippen LogP contribution is 2.27. The second-order valence-electron chi connectivity index (χ2n) is 10.1. The van der Waals surface area contributed by atoms with Crippen molar-refractivity contribution in [3.8, 4) is 0 Å². The average molecular weight is 421 g/mol. The Hall–Kier alpha value is -1.06. The largest absolute Gasteiger partial charge is 0.353 e. The van der Waals surface area contributed by atoms with E-state index in [1.54, 1.807) is 0 Å². The van der Waals surface area contributed by atoms with Crippen LogP contribution < -0.4 is 10.6 Å². The molecule has 2 atom stereocenters. The number of unbranched alkanes of at least 4 members (excludes halogenated alkanes) is 5. The summed E-state index contributed by atoms with van der Waals surface area (Å²) in [7, 11) is 0.